The smallest absolute Gasteiger partial charge is 0.243 e. The van der Waals surface area contributed by atoms with Crippen LogP contribution in [0.5, 0.6) is 0 Å². The lowest BCUT2D eigenvalue weighted by Gasteiger charge is -2.31. The Bertz CT molecular complexity index is 1060. The van der Waals surface area contributed by atoms with Crippen molar-refractivity contribution < 1.29 is 22.4 Å². The van der Waals surface area contributed by atoms with Crippen LogP contribution in [0.2, 0.25) is 0 Å². The quantitative estimate of drug-likeness (QED) is 0.659. The van der Waals surface area contributed by atoms with Gasteiger partial charge in [0.1, 0.15) is 5.82 Å². The van der Waals surface area contributed by atoms with E-state index in [4.69, 9.17) is 0 Å². The van der Waals surface area contributed by atoms with E-state index in [-0.39, 0.29) is 23.0 Å². The van der Waals surface area contributed by atoms with Crippen LogP contribution in [0.15, 0.2) is 51.8 Å². The minimum absolute atomic E-state index is 0.0111. The molecule has 1 aliphatic rings. The Morgan fingerprint density at radius 3 is 2.50 bits per heavy atom. The Kier molecular flexibility index (Phi) is 6.89. The Labute approximate surface area is 182 Å². The second kappa shape index (κ2) is 9.23. The number of nitrogens with one attached hydrogen (secondary N) is 2. The van der Waals surface area contributed by atoms with Crippen LogP contribution >= 0.6 is 15.9 Å². The molecule has 1 atom stereocenters. The molecule has 0 aromatic heterocycles. The van der Waals surface area contributed by atoms with Gasteiger partial charge in [0.25, 0.3) is 0 Å². The molecule has 0 saturated carbocycles. The average Bonchev–Trinajstić information content (AvgIpc) is 2.70. The number of amides is 2. The summed E-state index contributed by atoms with van der Waals surface area (Å²) in [6.45, 7) is 1.65. The maximum atomic E-state index is 14.1. The lowest BCUT2D eigenvalue weighted by atomic mass is 9.98. The summed E-state index contributed by atoms with van der Waals surface area (Å²) in [7, 11) is -3.74. The second-order valence-corrected chi connectivity index (χ2v) is 9.87. The summed E-state index contributed by atoms with van der Waals surface area (Å²) < 4.78 is 42.0. The van der Waals surface area contributed by atoms with Gasteiger partial charge in [-0.25, -0.2) is 12.8 Å². The molecule has 1 fully saturated rings. The number of hydrogen-bond donors (Lipinski definition) is 2. The average molecular weight is 498 g/mol. The van der Waals surface area contributed by atoms with Crippen LogP contribution in [0.1, 0.15) is 19.8 Å². The van der Waals surface area contributed by atoms with Crippen LogP contribution in [-0.2, 0) is 19.6 Å². The van der Waals surface area contributed by atoms with E-state index in [2.05, 4.69) is 26.6 Å². The third-order valence-electron chi connectivity index (χ3n) is 4.75. The molecular formula is C20H21BrFN3O4S. The predicted molar refractivity (Wildman–Crippen MR) is 115 cm³/mol. The Hall–Kier alpha value is -2.30. The van der Waals surface area contributed by atoms with Crippen LogP contribution in [0.4, 0.5) is 15.8 Å². The highest BCUT2D eigenvalue weighted by Gasteiger charge is 2.33. The molecule has 0 spiro atoms. The number of benzene rings is 2. The first kappa shape index (κ1) is 22.4. The van der Waals surface area contributed by atoms with Gasteiger partial charge in [-0.1, -0.05) is 15.9 Å². The highest BCUT2D eigenvalue weighted by Crippen LogP contribution is 2.27. The van der Waals surface area contributed by atoms with Gasteiger partial charge < -0.3 is 10.6 Å². The van der Waals surface area contributed by atoms with E-state index >= 15 is 0 Å². The van der Waals surface area contributed by atoms with Crippen molar-refractivity contribution in [3.05, 3.63) is 52.8 Å². The van der Waals surface area contributed by atoms with Crippen molar-refractivity contribution in [1.29, 1.82) is 0 Å². The normalized spacial score (nSPS) is 17.4. The van der Waals surface area contributed by atoms with Crippen molar-refractivity contribution in [2.45, 2.75) is 24.7 Å². The van der Waals surface area contributed by atoms with Crippen molar-refractivity contribution in [2.75, 3.05) is 23.7 Å². The number of carbonyl (C=O) groups excluding carboxylic acids is 2. The summed E-state index contributed by atoms with van der Waals surface area (Å²) in [4.78, 5) is 24.1. The van der Waals surface area contributed by atoms with Crippen molar-refractivity contribution in [3.63, 3.8) is 0 Å². The first-order valence-electron chi connectivity index (χ1n) is 9.30. The summed E-state index contributed by atoms with van der Waals surface area (Å²) in [5.41, 5.74) is 0.279. The Balaban J connectivity index is 1.73. The van der Waals surface area contributed by atoms with Crippen molar-refractivity contribution in [1.82, 2.24) is 4.31 Å². The maximum Gasteiger partial charge on any atom is 0.243 e. The summed E-state index contributed by atoms with van der Waals surface area (Å²) in [5, 5.41) is 5.05. The molecule has 3 rings (SSSR count). The maximum absolute atomic E-state index is 14.1. The summed E-state index contributed by atoms with van der Waals surface area (Å²) in [6.07, 6.45) is 1.01. The number of halogens is 2. The molecule has 2 amide bonds. The molecule has 0 aliphatic carbocycles. The van der Waals surface area contributed by atoms with Gasteiger partial charge in [0.05, 0.1) is 16.5 Å². The molecule has 2 aromatic rings. The number of piperidine rings is 1. The van der Waals surface area contributed by atoms with Crippen molar-refractivity contribution >= 4 is 49.1 Å². The Morgan fingerprint density at radius 1 is 1.13 bits per heavy atom. The summed E-state index contributed by atoms with van der Waals surface area (Å²) in [5.74, 6) is -2.05. The number of anilines is 2. The number of sulfonamides is 1. The number of rotatable bonds is 5. The monoisotopic (exact) mass is 497 g/mol. The fourth-order valence-electron chi connectivity index (χ4n) is 3.27. The van der Waals surface area contributed by atoms with Gasteiger partial charge in [0.15, 0.2) is 0 Å². The molecule has 2 N–H and O–H groups in total. The minimum Gasteiger partial charge on any atom is -0.326 e. The van der Waals surface area contributed by atoms with Gasteiger partial charge in [-0.3, -0.25) is 9.59 Å². The fourth-order valence-corrected chi connectivity index (χ4v) is 5.06. The molecule has 0 bridgehead atoms. The molecule has 1 unspecified atom stereocenters. The van der Waals surface area contributed by atoms with E-state index in [1.54, 1.807) is 12.1 Å². The molecule has 1 aliphatic heterocycles. The van der Waals surface area contributed by atoms with E-state index in [9.17, 15) is 22.4 Å². The van der Waals surface area contributed by atoms with Crippen LogP contribution < -0.4 is 10.6 Å². The number of carbonyl (C=O) groups is 2. The van der Waals surface area contributed by atoms with Crippen LogP contribution in [0.3, 0.4) is 0 Å². The molecular weight excluding hydrogens is 477 g/mol. The fraction of sp³-hybridized carbons (Fsp3) is 0.300. The van der Waals surface area contributed by atoms with E-state index in [0.717, 1.165) is 10.5 Å². The topological polar surface area (TPSA) is 95.6 Å². The number of hydrogen-bond acceptors (Lipinski definition) is 4. The third kappa shape index (κ3) is 5.24. The zero-order valence-corrected chi connectivity index (χ0v) is 18.6. The van der Waals surface area contributed by atoms with Gasteiger partial charge in [-0.05, 0) is 55.3 Å². The highest BCUT2D eigenvalue weighted by molar-refractivity contribution is 9.10. The van der Waals surface area contributed by atoms with Gasteiger partial charge in [0.2, 0.25) is 21.8 Å². The predicted octanol–water partition coefficient (Wildman–Crippen LogP) is 3.59. The molecule has 160 valence electrons. The van der Waals surface area contributed by atoms with Gasteiger partial charge in [0, 0.05) is 30.2 Å². The lowest BCUT2D eigenvalue weighted by molar-refractivity contribution is -0.121. The third-order valence-corrected chi connectivity index (χ3v) is 7.16. The highest BCUT2D eigenvalue weighted by atomic mass is 79.9. The lowest BCUT2D eigenvalue weighted by Crippen LogP contribution is -2.43. The van der Waals surface area contributed by atoms with Gasteiger partial charge in [-0.15, -0.1) is 0 Å². The standard InChI is InChI=1S/C20H21BrFN3O4S/c1-13(26)23-16-6-9-18(22)19(11-16)24-20(27)14-3-2-10-25(12-14)30(28,29)17-7-4-15(21)5-8-17/h4-9,11,14H,2-3,10,12H2,1H3,(H,23,26)(H,24,27). The minimum atomic E-state index is -3.74. The van der Waals surface area contributed by atoms with Crippen LogP contribution in [-0.4, -0.2) is 37.6 Å². The van der Waals surface area contributed by atoms with Crippen LogP contribution in [0.25, 0.3) is 0 Å². The molecule has 1 heterocycles. The SMILES string of the molecule is CC(=O)Nc1ccc(F)c(NC(=O)C2CCCN(S(=O)(=O)c3ccc(Br)cc3)C2)c1. The molecule has 0 radical (unpaired) electrons. The van der Waals surface area contributed by atoms with Crippen LogP contribution in [0, 0.1) is 11.7 Å². The molecule has 30 heavy (non-hydrogen) atoms. The molecule has 7 nitrogen and oxygen atoms in total. The van der Waals surface area contributed by atoms with Crippen molar-refractivity contribution in [2.24, 2.45) is 5.92 Å². The molecule has 2 aromatic carbocycles. The van der Waals surface area contributed by atoms with Gasteiger partial charge >= 0.3 is 0 Å². The first-order chi connectivity index (χ1) is 14.2. The molecule has 10 heteroatoms. The Morgan fingerprint density at radius 2 is 1.83 bits per heavy atom. The second-order valence-electron chi connectivity index (χ2n) is 7.02. The molecule has 1 saturated heterocycles. The summed E-state index contributed by atoms with van der Waals surface area (Å²) >= 11 is 3.28. The first-order valence-corrected chi connectivity index (χ1v) is 11.5. The van der Waals surface area contributed by atoms with E-state index in [1.807, 2.05) is 0 Å². The van der Waals surface area contributed by atoms with E-state index in [0.29, 0.717) is 25.1 Å². The zero-order chi connectivity index (χ0) is 21.9. The zero-order valence-electron chi connectivity index (χ0n) is 16.2. The van der Waals surface area contributed by atoms with Crippen molar-refractivity contribution in [3.8, 4) is 0 Å². The van der Waals surface area contributed by atoms with E-state index < -0.39 is 27.7 Å². The van der Waals surface area contributed by atoms with Gasteiger partial charge in [-0.2, -0.15) is 4.31 Å². The number of nitrogens with zero attached hydrogens (tertiary/aromatic N) is 1. The summed E-state index contributed by atoms with van der Waals surface area (Å²) in [6, 6.07) is 10.2. The largest absolute Gasteiger partial charge is 0.326 e. The van der Waals surface area contributed by atoms with E-state index in [1.165, 1.54) is 35.5 Å².